The van der Waals surface area contributed by atoms with Crippen molar-refractivity contribution in [3.63, 3.8) is 0 Å². The molecule has 2 rings (SSSR count). The average Bonchev–Trinajstić information content (AvgIpc) is 2.89. The molecule has 2 atom stereocenters. The lowest BCUT2D eigenvalue weighted by Gasteiger charge is -2.17. The third-order valence-electron chi connectivity index (χ3n) is 4.23. The van der Waals surface area contributed by atoms with Gasteiger partial charge in [-0.05, 0) is 145 Å². The van der Waals surface area contributed by atoms with E-state index in [1.807, 2.05) is 18.2 Å². The molecule has 0 aromatic heterocycles. The largest absolute Gasteiger partial charge is 0.490 e. The molecule has 11 N–H and O–H groups in total. The monoisotopic (exact) mass is 873 g/mol. The van der Waals surface area contributed by atoms with Crippen LogP contribution in [0.1, 0.15) is 5.56 Å². The van der Waals surface area contributed by atoms with Crippen molar-refractivity contribution in [3.8, 4) is 17.2 Å². The van der Waals surface area contributed by atoms with E-state index in [4.69, 9.17) is 9.47 Å². The number of carbonyl (C=O) groups is 1. The standard InChI is InChI=1S/C20H24BI3N2O6.3CH5N/c1-21(30)26-17(20(28)29)7-11-5-15(23)19(16(24)6-11)32-13-3-4-18(14(22)8-13)31-10-12(27)9-25-2;3*1-2/h3-6,8,12,17,25-27,30H,7,9-10H2,1-2H3,(H,28,29);3*2H2,1H3. The van der Waals surface area contributed by atoms with Crippen LogP contribution < -0.4 is 37.2 Å². The summed E-state index contributed by atoms with van der Waals surface area (Å²) in [6.07, 6.45) is -0.361. The second-order valence-electron chi connectivity index (χ2n) is 7.04. The van der Waals surface area contributed by atoms with Crippen molar-refractivity contribution in [1.29, 1.82) is 0 Å². The summed E-state index contributed by atoms with van der Waals surface area (Å²) in [6, 6.07) is 8.32. The van der Waals surface area contributed by atoms with E-state index in [2.05, 4.69) is 95.5 Å². The Bertz CT molecular complexity index is 923. The molecule has 2 aromatic rings. The molecule has 38 heavy (non-hydrogen) atoms. The van der Waals surface area contributed by atoms with E-state index >= 15 is 0 Å². The number of likely N-dealkylation sites (N-methyl/N-ethyl adjacent to an activating group) is 1. The summed E-state index contributed by atoms with van der Waals surface area (Å²) in [5.74, 6) is 0.962. The molecule has 0 fully saturated rings. The van der Waals surface area contributed by atoms with Crippen LogP contribution in [0.2, 0.25) is 6.82 Å². The maximum Gasteiger partial charge on any atom is 0.374 e. The molecule has 0 spiro atoms. The highest BCUT2D eigenvalue weighted by molar-refractivity contribution is 14.1. The summed E-state index contributed by atoms with van der Waals surface area (Å²) < 4.78 is 14.3. The van der Waals surface area contributed by atoms with E-state index < -0.39 is 25.2 Å². The van der Waals surface area contributed by atoms with Crippen LogP contribution in [-0.2, 0) is 11.2 Å². The molecule has 0 aliphatic rings. The van der Waals surface area contributed by atoms with Crippen molar-refractivity contribution < 1.29 is 29.5 Å². The Morgan fingerprint density at radius 3 is 2.03 bits per heavy atom. The van der Waals surface area contributed by atoms with Crippen molar-refractivity contribution in [1.82, 2.24) is 10.5 Å². The van der Waals surface area contributed by atoms with Gasteiger partial charge in [-0.1, -0.05) is 0 Å². The van der Waals surface area contributed by atoms with E-state index in [9.17, 15) is 20.0 Å². The molecule has 0 bridgehead atoms. The summed E-state index contributed by atoms with van der Waals surface area (Å²) >= 11 is 6.49. The van der Waals surface area contributed by atoms with Crippen LogP contribution in [0.3, 0.4) is 0 Å². The van der Waals surface area contributed by atoms with E-state index in [1.54, 1.807) is 19.2 Å². The maximum atomic E-state index is 11.5. The number of carboxylic acid groups (broad SMARTS) is 1. The highest BCUT2D eigenvalue weighted by atomic mass is 127. The third kappa shape index (κ3) is 15.3. The van der Waals surface area contributed by atoms with Gasteiger partial charge in [-0.2, -0.15) is 0 Å². The first kappa shape index (κ1) is 39.6. The minimum Gasteiger partial charge on any atom is -0.490 e. The topological polar surface area (TPSA) is 198 Å². The number of aliphatic carboxylic acids is 1. The number of halogens is 3. The Morgan fingerprint density at radius 1 is 1.03 bits per heavy atom. The van der Waals surface area contributed by atoms with Crippen LogP contribution in [0, 0.1) is 10.7 Å². The normalized spacial score (nSPS) is 11.3. The molecule has 0 aliphatic carbocycles. The van der Waals surface area contributed by atoms with Gasteiger partial charge in [0.25, 0.3) is 0 Å². The fourth-order valence-corrected chi connectivity index (χ4v) is 5.59. The zero-order valence-corrected chi connectivity index (χ0v) is 28.6. The Kier molecular flexibility index (Phi) is 24.2. The predicted octanol–water partition coefficient (Wildman–Crippen LogP) is 1.67. The molecule has 0 saturated carbocycles. The average molecular weight is 873 g/mol. The molecule has 2 aromatic carbocycles. The quantitative estimate of drug-likeness (QED) is 0.114. The van der Waals surface area contributed by atoms with Crippen molar-refractivity contribution in [2.75, 3.05) is 41.3 Å². The smallest absolute Gasteiger partial charge is 0.374 e. The molecule has 15 heteroatoms. The first-order valence-electron chi connectivity index (χ1n) is 11.4. The first-order chi connectivity index (χ1) is 18.1. The zero-order chi connectivity index (χ0) is 29.8. The van der Waals surface area contributed by atoms with Gasteiger partial charge in [-0.15, -0.1) is 0 Å². The number of nitrogens with one attached hydrogen (secondary N) is 2. The molecule has 11 nitrogen and oxygen atoms in total. The SMILES string of the molecule is CN.CN.CN.CNCC(O)COc1ccc(Oc2c(I)cc(CC(NB(C)O)C(=O)O)cc2I)cc1I. The number of nitrogens with two attached hydrogens (primary N) is 3. The molecule has 0 amide bonds. The molecule has 2 unspecified atom stereocenters. The molecule has 0 heterocycles. The van der Waals surface area contributed by atoms with Gasteiger partial charge in [0.1, 0.15) is 30.3 Å². The van der Waals surface area contributed by atoms with Crippen LogP contribution in [0.4, 0.5) is 0 Å². The molecule has 0 saturated heterocycles. The molecule has 0 radical (unpaired) electrons. The lowest BCUT2D eigenvalue weighted by Crippen LogP contribution is -2.46. The fourth-order valence-electron chi connectivity index (χ4n) is 2.83. The van der Waals surface area contributed by atoms with Crippen LogP contribution in [0.15, 0.2) is 30.3 Å². The van der Waals surface area contributed by atoms with Gasteiger partial charge in [0, 0.05) is 6.54 Å². The lowest BCUT2D eigenvalue weighted by atomic mass is 9.86. The van der Waals surface area contributed by atoms with E-state index in [0.29, 0.717) is 23.8 Å². The van der Waals surface area contributed by atoms with Crippen molar-refractivity contribution in [2.45, 2.75) is 25.4 Å². The zero-order valence-electron chi connectivity index (χ0n) is 22.2. The lowest BCUT2D eigenvalue weighted by molar-refractivity contribution is -0.139. The summed E-state index contributed by atoms with van der Waals surface area (Å²) in [6.45, 7) is 2.13. The van der Waals surface area contributed by atoms with E-state index in [0.717, 1.165) is 16.3 Å². The highest BCUT2D eigenvalue weighted by Gasteiger charge is 2.22. The van der Waals surface area contributed by atoms with Gasteiger partial charge >= 0.3 is 13.0 Å². The fraction of sp³-hybridized carbons (Fsp3) is 0.435. The van der Waals surface area contributed by atoms with Crippen LogP contribution in [0.5, 0.6) is 17.2 Å². The Labute approximate surface area is 266 Å². The van der Waals surface area contributed by atoms with Crippen LogP contribution in [0.25, 0.3) is 0 Å². The summed E-state index contributed by atoms with van der Waals surface area (Å²) in [5, 5.41) is 34.2. The van der Waals surface area contributed by atoms with E-state index in [1.165, 1.54) is 28.0 Å². The molecule has 216 valence electrons. The van der Waals surface area contributed by atoms with Crippen LogP contribution >= 0.6 is 67.8 Å². The summed E-state index contributed by atoms with van der Waals surface area (Å²) in [7, 11) is 5.35. The number of aliphatic hydroxyl groups excluding tert-OH is 1. The second kappa shape index (κ2) is 23.2. The predicted molar refractivity (Wildman–Crippen MR) is 179 cm³/mol. The number of rotatable bonds is 12. The number of carboxylic acids is 1. The summed E-state index contributed by atoms with van der Waals surface area (Å²) in [5.41, 5.74) is 14.3. The van der Waals surface area contributed by atoms with Crippen molar-refractivity contribution in [2.24, 2.45) is 17.2 Å². The van der Waals surface area contributed by atoms with Crippen molar-refractivity contribution in [3.05, 3.63) is 46.6 Å². The molecular weight excluding hydrogens is 834 g/mol. The van der Waals surface area contributed by atoms with Gasteiger partial charge in [-0.25, -0.2) is 0 Å². The Balaban J connectivity index is 0. The number of hydrogen-bond acceptors (Lipinski definition) is 10. The number of benzene rings is 2. The first-order valence-corrected chi connectivity index (χ1v) is 14.6. The second-order valence-corrected chi connectivity index (χ2v) is 10.5. The number of ether oxygens (including phenoxy) is 2. The Morgan fingerprint density at radius 2 is 1.58 bits per heavy atom. The summed E-state index contributed by atoms with van der Waals surface area (Å²) in [4.78, 5) is 11.5. The minimum atomic E-state index is -1.02. The highest BCUT2D eigenvalue weighted by Crippen LogP contribution is 2.35. The molecular formula is C23H39BI3N5O6. The minimum absolute atomic E-state index is 0.190. The van der Waals surface area contributed by atoms with Gasteiger partial charge in [0.05, 0.1) is 10.7 Å². The van der Waals surface area contributed by atoms with Gasteiger partial charge in [0.2, 0.25) is 0 Å². The maximum absolute atomic E-state index is 11.5. The van der Waals surface area contributed by atoms with Gasteiger partial charge in [0.15, 0.2) is 5.75 Å². The van der Waals surface area contributed by atoms with Crippen molar-refractivity contribution >= 4 is 80.8 Å². The van der Waals surface area contributed by atoms with Crippen LogP contribution in [-0.4, -0.2) is 81.7 Å². The Hall–Kier alpha value is -0.515. The number of aliphatic hydroxyl groups is 1. The van der Waals surface area contributed by atoms with Gasteiger partial charge < -0.3 is 52.5 Å². The van der Waals surface area contributed by atoms with E-state index in [-0.39, 0.29) is 13.0 Å². The van der Waals surface area contributed by atoms with Gasteiger partial charge in [-0.3, -0.25) is 4.79 Å². The number of hydrogen-bond donors (Lipinski definition) is 8. The molecule has 0 aliphatic heterocycles. The third-order valence-corrected chi connectivity index (χ3v) is 6.68.